The maximum absolute atomic E-state index is 12.1. The highest BCUT2D eigenvalue weighted by molar-refractivity contribution is 6.01. The Morgan fingerprint density at radius 3 is 2.48 bits per heavy atom. The quantitative estimate of drug-likeness (QED) is 0.887. The highest BCUT2D eigenvalue weighted by Gasteiger charge is 2.09. The van der Waals surface area contributed by atoms with Crippen LogP contribution in [0.15, 0.2) is 42.5 Å². The van der Waals surface area contributed by atoms with Gasteiger partial charge >= 0.3 is 6.03 Å². The Hall–Kier alpha value is -3.02. The van der Waals surface area contributed by atoms with Gasteiger partial charge in [-0.1, -0.05) is 24.3 Å². The van der Waals surface area contributed by atoms with Crippen molar-refractivity contribution in [3.63, 3.8) is 0 Å². The molecule has 0 aliphatic heterocycles. The van der Waals surface area contributed by atoms with Crippen LogP contribution in [0.4, 0.5) is 16.2 Å². The standard InChI is InChI=1S/C17H18N2O4/c1-3-23-15-7-5-4-6-13(15)18-17(22)19-14-10-12(16(20)21)9-8-11(14)2/h4-10H,3H2,1-2H3,(H,20,21)(H2,18,19,22)/p-1. The Morgan fingerprint density at radius 2 is 1.78 bits per heavy atom. The monoisotopic (exact) mass is 313 g/mol. The number of urea groups is 1. The van der Waals surface area contributed by atoms with Crippen molar-refractivity contribution in [1.29, 1.82) is 0 Å². The number of carboxylic acids is 1. The maximum Gasteiger partial charge on any atom is 0.323 e. The molecule has 0 spiro atoms. The first-order valence-corrected chi connectivity index (χ1v) is 7.13. The van der Waals surface area contributed by atoms with Crippen molar-refractivity contribution in [3.8, 4) is 5.75 Å². The smallest absolute Gasteiger partial charge is 0.323 e. The number of aromatic carboxylic acids is 1. The number of anilines is 2. The minimum absolute atomic E-state index is 0.000571. The third-order valence-electron chi connectivity index (χ3n) is 3.16. The highest BCUT2D eigenvalue weighted by atomic mass is 16.5. The lowest BCUT2D eigenvalue weighted by molar-refractivity contribution is -0.255. The number of benzene rings is 2. The Labute approximate surface area is 134 Å². The van der Waals surface area contributed by atoms with Crippen LogP contribution in [0.2, 0.25) is 0 Å². The summed E-state index contributed by atoms with van der Waals surface area (Å²) in [5, 5.41) is 16.2. The van der Waals surface area contributed by atoms with Crippen LogP contribution in [0.5, 0.6) is 5.75 Å². The van der Waals surface area contributed by atoms with Gasteiger partial charge in [-0.05, 0) is 43.2 Å². The van der Waals surface area contributed by atoms with E-state index >= 15 is 0 Å². The molecule has 6 heteroatoms. The molecule has 2 rings (SSSR count). The van der Waals surface area contributed by atoms with Crippen LogP contribution in [-0.2, 0) is 0 Å². The first-order chi connectivity index (χ1) is 11.0. The van der Waals surface area contributed by atoms with E-state index in [-0.39, 0.29) is 5.56 Å². The van der Waals surface area contributed by atoms with Crippen LogP contribution >= 0.6 is 0 Å². The molecule has 2 aromatic rings. The van der Waals surface area contributed by atoms with Crippen molar-refractivity contribution >= 4 is 23.4 Å². The molecule has 0 aliphatic carbocycles. The van der Waals surface area contributed by atoms with Crippen LogP contribution in [0.3, 0.4) is 0 Å². The number of carboxylic acid groups (broad SMARTS) is 1. The van der Waals surface area contributed by atoms with Crippen LogP contribution in [0.25, 0.3) is 0 Å². The number of carbonyl (C=O) groups is 2. The third-order valence-corrected chi connectivity index (χ3v) is 3.16. The third kappa shape index (κ3) is 4.23. The zero-order chi connectivity index (χ0) is 16.8. The molecule has 0 atom stereocenters. The minimum Gasteiger partial charge on any atom is -0.545 e. The molecule has 0 unspecified atom stereocenters. The second-order valence-electron chi connectivity index (χ2n) is 4.83. The fourth-order valence-electron chi connectivity index (χ4n) is 2.01. The molecule has 0 aliphatic rings. The molecular weight excluding hydrogens is 296 g/mol. The molecule has 0 heterocycles. The van der Waals surface area contributed by atoms with E-state index in [1.54, 1.807) is 31.2 Å². The molecule has 0 fully saturated rings. The topological polar surface area (TPSA) is 90.5 Å². The average molecular weight is 313 g/mol. The largest absolute Gasteiger partial charge is 0.545 e. The van der Waals surface area contributed by atoms with Crippen molar-refractivity contribution in [2.45, 2.75) is 13.8 Å². The van der Waals surface area contributed by atoms with Gasteiger partial charge in [0.2, 0.25) is 0 Å². The summed E-state index contributed by atoms with van der Waals surface area (Å²) in [5.41, 5.74) is 1.67. The van der Waals surface area contributed by atoms with E-state index in [0.29, 0.717) is 23.7 Å². The zero-order valence-electron chi connectivity index (χ0n) is 12.9. The molecule has 2 N–H and O–H groups in total. The highest BCUT2D eigenvalue weighted by Crippen LogP contribution is 2.24. The summed E-state index contributed by atoms with van der Waals surface area (Å²) in [6.45, 7) is 4.10. The van der Waals surface area contributed by atoms with Gasteiger partial charge in [0.25, 0.3) is 0 Å². The summed E-state index contributed by atoms with van der Waals surface area (Å²) in [5.74, 6) is -0.736. The van der Waals surface area contributed by atoms with Crippen molar-refractivity contribution < 1.29 is 19.4 Å². The molecule has 0 aromatic heterocycles. The SMILES string of the molecule is CCOc1ccccc1NC(=O)Nc1cc(C(=O)[O-])ccc1C. The van der Waals surface area contributed by atoms with E-state index in [1.807, 2.05) is 13.0 Å². The van der Waals surface area contributed by atoms with Crippen molar-refractivity contribution in [3.05, 3.63) is 53.6 Å². The Balaban J connectivity index is 2.14. The van der Waals surface area contributed by atoms with Gasteiger partial charge in [-0.25, -0.2) is 4.79 Å². The number of aryl methyl sites for hydroxylation is 1. The molecule has 23 heavy (non-hydrogen) atoms. The molecule has 2 amide bonds. The Bertz CT molecular complexity index is 728. The van der Waals surface area contributed by atoms with Gasteiger partial charge < -0.3 is 25.3 Å². The van der Waals surface area contributed by atoms with Crippen molar-refractivity contribution in [1.82, 2.24) is 0 Å². The van der Waals surface area contributed by atoms with Gasteiger partial charge in [0.05, 0.1) is 18.3 Å². The van der Waals surface area contributed by atoms with Gasteiger partial charge in [-0.2, -0.15) is 0 Å². The molecule has 120 valence electrons. The second-order valence-corrected chi connectivity index (χ2v) is 4.83. The van der Waals surface area contributed by atoms with E-state index in [0.717, 1.165) is 5.56 Å². The fraction of sp³-hybridized carbons (Fsp3) is 0.176. The molecule has 6 nitrogen and oxygen atoms in total. The predicted molar refractivity (Wildman–Crippen MR) is 85.8 cm³/mol. The van der Waals surface area contributed by atoms with Gasteiger partial charge in [0.15, 0.2) is 0 Å². The van der Waals surface area contributed by atoms with E-state index in [9.17, 15) is 14.7 Å². The number of nitrogens with one attached hydrogen (secondary N) is 2. The van der Waals surface area contributed by atoms with Crippen molar-refractivity contribution in [2.75, 3.05) is 17.2 Å². The van der Waals surface area contributed by atoms with Gasteiger partial charge in [-0.3, -0.25) is 0 Å². The van der Waals surface area contributed by atoms with Crippen LogP contribution in [0.1, 0.15) is 22.8 Å². The summed E-state index contributed by atoms with van der Waals surface area (Å²) in [4.78, 5) is 23.0. The molecule has 0 saturated carbocycles. The fourth-order valence-corrected chi connectivity index (χ4v) is 2.01. The van der Waals surface area contributed by atoms with Crippen LogP contribution in [-0.4, -0.2) is 18.6 Å². The Kier molecular flexibility index (Phi) is 5.19. The normalized spacial score (nSPS) is 10.0. The first-order valence-electron chi connectivity index (χ1n) is 7.13. The van der Waals surface area contributed by atoms with E-state index in [1.165, 1.54) is 12.1 Å². The number of para-hydroxylation sites is 2. The molecule has 2 aromatic carbocycles. The average Bonchev–Trinajstić information content (AvgIpc) is 2.51. The lowest BCUT2D eigenvalue weighted by atomic mass is 10.1. The minimum atomic E-state index is -1.30. The van der Waals surface area contributed by atoms with E-state index < -0.39 is 12.0 Å². The van der Waals surface area contributed by atoms with Crippen molar-refractivity contribution in [2.24, 2.45) is 0 Å². The predicted octanol–water partition coefficient (Wildman–Crippen LogP) is 2.40. The second kappa shape index (κ2) is 7.31. The molecule has 0 saturated heterocycles. The Morgan fingerprint density at radius 1 is 1.09 bits per heavy atom. The van der Waals surface area contributed by atoms with Crippen LogP contribution in [0, 0.1) is 6.92 Å². The maximum atomic E-state index is 12.1. The number of amides is 2. The number of carbonyl (C=O) groups excluding carboxylic acids is 2. The molecular formula is C17H17N2O4-. The number of ether oxygens (including phenoxy) is 1. The summed E-state index contributed by atoms with van der Waals surface area (Å²) in [7, 11) is 0. The van der Waals surface area contributed by atoms with Gasteiger partial charge in [-0.15, -0.1) is 0 Å². The summed E-state index contributed by atoms with van der Waals surface area (Å²) in [6, 6.07) is 11.0. The van der Waals surface area contributed by atoms with Gasteiger partial charge in [0, 0.05) is 5.69 Å². The number of hydrogen-bond donors (Lipinski definition) is 2. The lowest BCUT2D eigenvalue weighted by Crippen LogP contribution is -2.24. The van der Waals surface area contributed by atoms with E-state index in [4.69, 9.17) is 4.74 Å². The summed E-state index contributed by atoms with van der Waals surface area (Å²) < 4.78 is 5.43. The van der Waals surface area contributed by atoms with Gasteiger partial charge in [0.1, 0.15) is 5.75 Å². The molecule has 0 bridgehead atoms. The summed E-state index contributed by atoms with van der Waals surface area (Å²) in [6.07, 6.45) is 0. The zero-order valence-corrected chi connectivity index (χ0v) is 12.9. The molecule has 0 radical (unpaired) electrons. The summed E-state index contributed by atoms with van der Waals surface area (Å²) >= 11 is 0. The first kappa shape index (κ1) is 16.4. The number of rotatable bonds is 5. The lowest BCUT2D eigenvalue weighted by Gasteiger charge is -2.14. The number of hydrogen-bond acceptors (Lipinski definition) is 4. The van der Waals surface area contributed by atoms with E-state index in [2.05, 4.69) is 10.6 Å². The van der Waals surface area contributed by atoms with Crippen LogP contribution < -0.4 is 20.5 Å².